The van der Waals surface area contributed by atoms with Crippen molar-refractivity contribution in [2.45, 2.75) is 38.8 Å². The predicted molar refractivity (Wildman–Crippen MR) is 62.9 cm³/mol. The van der Waals surface area contributed by atoms with Gasteiger partial charge in [0.15, 0.2) is 0 Å². The van der Waals surface area contributed by atoms with Gasteiger partial charge in [-0.05, 0) is 44.4 Å². The van der Waals surface area contributed by atoms with E-state index in [1.54, 1.807) is 0 Å². The Morgan fingerprint density at radius 3 is 3.00 bits per heavy atom. The summed E-state index contributed by atoms with van der Waals surface area (Å²) >= 11 is 0. The van der Waals surface area contributed by atoms with Gasteiger partial charge in [-0.25, -0.2) is 4.98 Å². The number of aromatic nitrogens is 1. The molecule has 2 heterocycles. The minimum absolute atomic E-state index is 0.0876. The average Bonchev–Trinajstić information content (AvgIpc) is 2.64. The van der Waals surface area contributed by atoms with Crippen molar-refractivity contribution in [3.8, 4) is 0 Å². The van der Waals surface area contributed by atoms with Crippen LogP contribution in [0.15, 0.2) is 18.3 Å². The second-order valence-corrected chi connectivity index (χ2v) is 4.42. The zero-order valence-electron chi connectivity index (χ0n) is 9.48. The van der Waals surface area contributed by atoms with Gasteiger partial charge in [0, 0.05) is 24.8 Å². The Labute approximate surface area is 91.3 Å². The lowest BCUT2D eigenvalue weighted by Gasteiger charge is -2.23. The lowest BCUT2D eigenvalue weighted by Crippen LogP contribution is -2.27. The number of hydrogen-bond donors (Lipinski definition) is 1. The number of rotatable bonds is 2. The second kappa shape index (κ2) is 4.19. The van der Waals surface area contributed by atoms with Gasteiger partial charge in [-0.2, -0.15) is 0 Å². The molecule has 0 bridgehead atoms. The van der Waals surface area contributed by atoms with Crippen molar-refractivity contribution < 1.29 is 0 Å². The summed E-state index contributed by atoms with van der Waals surface area (Å²) in [6.07, 6.45) is 4.40. The van der Waals surface area contributed by atoms with E-state index in [-0.39, 0.29) is 6.04 Å². The number of nitrogens with zero attached hydrogens (tertiary/aromatic N) is 2. The van der Waals surface area contributed by atoms with Crippen molar-refractivity contribution in [2.24, 2.45) is 5.73 Å². The Hall–Kier alpha value is -1.09. The topological polar surface area (TPSA) is 42.1 Å². The van der Waals surface area contributed by atoms with Crippen LogP contribution in [0.4, 0.5) is 5.82 Å². The van der Waals surface area contributed by atoms with Crippen LogP contribution in [0.25, 0.3) is 0 Å². The highest BCUT2D eigenvalue weighted by Crippen LogP contribution is 2.24. The molecule has 1 saturated heterocycles. The van der Waals surface area contributed by atoms with E-state index in [4.69, 9.17) is 5.73 Å². The Balaban J connectivity index is 2.24. The van der Waals surface area contributed by atoms with E-state index in [2.05, 4.69) is 22.9 Å². The SMILES string of the molecule is CC1CCCN1c1cc([C@H](C)N)ccn1. The van der Waals surface area contributed by atoms with Gasteiger partial charge in [0.2, 0.25) is 0 Å². The summed E-state index contributed by atoms with van der Waals surface area (Å²) in [6, 6.07) is 4.81. The van der Waals surface area contributed by atoms with Crippen LogP contribution in [0.5, 0.6) is 0 Å². The van der Waals surface area contributed by atoms with Crippen molar-refractivity contribution >= 4 is 5.82 Å². The van der Waals surface area contributed by atoms with E-state index in [1.807, 2.05) is 19.2 Å². The van der Waals surface area contributed by atoms with Gasteiger partial charge in [-0.1, -0.05) is 0 Å². The third kappa shape index (κ3) is 2.12. The molecule has 82 valence electrons. The maximum absolute atomic E-state index is 5.87. The van der Waals surface area contributed by atoms with Gasteiger partial charge in [0.1, 0.15) is 5.82 Å². The normalized spacial score (nSPS) is 23.1. The fourth-order valence-corrected chi connectivity index (χ4v) is 2.15. The van der Waals surface area contributed by atoms with E-state index in [0.717, 1.165) is 12.4 Å². The standard InChI is InChI=1S/C12H19N3/c1-9-4-3-7-15(9)12-8-11(10(2)13)5-6-14-12/h5-6,8-10H,3-4,7,13H2,1-2H3/t9?,10-/m0/s1. The smallest absolute Gasteiger partial charge is 0.129 e. The van der Waals surface area contributed by atoms with Gasteiger partial charge in [0.25, 0.3) is 0 Å². The number of hydrogen-bond acceptors (Lipinski definition) is 3. The van der Waals surface area contributed by atoms with E-state index in [9.17, 15) is 0 Å². The van der Waals surface area contributed by atoms with Crippen LogP contribution in [0, 0.1) is 0 Å². The molecule has 3 heteroatoms. The van der Waals surface area contributed by atoms with E-state index in [1.165, 1.54) is 18.4 Å². The second-order valence-electron chi connectivity index (χ2n) is 4.42. The van der Waals surface area contributed by atoms with Crippen LogP contribution >= 0.6 is 0 Å². The highest BCUT2D eigenvalue weighted by molar-refractivity contribution is 5.43. The van der Waals surface area contributed by atoms with Crippen molar-refractivity contribution in [3.63, 3.8) is 0 Å². The highest BCUT2D eigenvalue weighted by atomic mass is 15.2. The molecule has 1 aliphatic heterocycles. The molecule has 1 unspecified atom stereocenters. The maximum atomic E-state index is 5.87. The summed E-state index contributed by atoms with van der Waals surface area (Å²) in [5, 5.41) is 0. The summed E-state index contributed by atoms with van der Waals surface area (Å²) in [5.74, 6) is 1.08. The summed E-state index contributed by atoms with van der Waals surface area (Å²) < 4.78 is 0. The highest BCUT2D eigenvalue weighted by Gasteiger charge is 2.21. The van der Waals surface area contributed by atoms with Gasteiger partial charge in [-0.3, -0.25) is 0 Å². The molecule has 1 fully saturated rings. The molecule has 0 amide bonds. The molecule has 0 aliphatic carbocycles. The van der Waals surface area contributed by atoms with Crippen LogP contribution in [-0.2, 0) is 0 Å². The van der Waals surface area contributed by atoms with Gasteiger partial charge < -0.3 is 10.6 Å². The Bertz CT molecular complexity index is 335. The average molecular weight is 205 g/mol. The Morgan fingerprint density at radius 1 is 1.60 bits per heavy atom. The van der Waals surface area contributed by atoms with Crippen LogP contribution in [0.3, 0.4) is 0 Å². The summed E-state index contributed by atoms with van der Waals surface area (Å²) in [4.78, 5) is 6.79. The molecule has 1 aromatic heterocycles. The molecular weight excluding hydrogens is 186 g/mol. The number of nitrogens with two attached hydrogens (primary N) is 1. The predicted octanol–water partition coefficient (Wildman–Crippen LogP) is 2.09. The number of anilines is 1. The van der Waals surface area contributed by atoms with Crippen LogP contribution in [-0.4, -0.2) is 17.6 Å². The third-order valence-corrected chi connectivity index (χ3v) is 3.14. The van der Waals surface area contributed by atoms with Crippen LogP contribution in [0.1, 0.15) is 38.3 Å². The van der Waals surface area contributed by atoms with Gasteiger partial charge >= 0.3 is 0 Å². The molecule has 2 rings (SSSR count). The fraction of sp³-hybridized carbons (Fsp3) is 0.583. The monoisotopic (exact) mass is 205 g/mol. The summed E-state index contributed by atoms with van der Waals surface area (Å²) in [7, 11) is 0. The Morgan fingerprint density at radius 2 is 2.40 bits per heavy atom. The fourth-order valence-electron chi connectivity index (χ4n) is 2.15. The van der Waals surface area contributed by atoms with Crippen molar-refractivity contribution in [1.82, 2.24) is 4.98 Å². The van der Waals surface area contributed by atoms with E-state index < -0.39 is 0 Å². The molecule has 1 aliphatic rings. The zero-order chi connectivity index (χ0) is 10.8. The van der Waals surface area contributed by atoms with E-state index >= 15 is 0 Å². The summed E-state index contributed by atoms with van der Waals surface area (Å²) in [5.41, 5.74) is 7.04. The minimum Gasteiger partial charge on any atom is -0.354 e. The van der Waals surface area contributed by atoms with Crippen LogP contribution < -0.4 is 10.6 Å². The lowest BCUT2D eigenvalue weighted by atomic mass is 10.1. The molecule has 3 nitrogen and oxygen atoms in total. The quantitative estimate of drug-likeness (QED) is 0.804. The van der Waals surface area contributed by atoms with Gasteiger partial charge in [-0.15, -0.1) is 0 Å². The number of pyridine rings is 1. The first-order chi connectivity index (χ1) is 7.18. The molecular formula is C12H19N3. The molecule has 15 heavy (non-hydrogen) atoms. The van der Waals surface area contributed by atoms with Crippen molar-refractivity contribution in [1.29, 1.82) is 0 Å². The van der Waals surface area contributed by atoms with Crippen molar-refractivity contribution in [2.75, 3.05) is 11.4 Å². The van der Waals surface area contributed by atoms with Gasteiger partial charge in [0.05, 0.1) is 0 Å². The molecule has 0 spiro atoms. The molecule has 0 saturated carbocycles. The maximum Gasteiger partial charge on any atom is 0.129 e. The van der Waals surface area contributed by atoms with Crippen LogP contribution in [0.2, 0.25) is 0 Å². The third-order valence-electron chi connectivity index (χ3n) is 3.14. The largest absolute Gasteiger partial charge is 0.354 e. The van der Waals surface area contributed by atoms with Crippen molar-refractivity contribution in [3.05, 3.63) is 23.9 Å². The first kappa shape index (κ1) is 10.4. The first-order valence-corrected chi connectivity index (χ1v) is 5.66. The van der Waals surface area contributed by atoms with E-state index in [0.29, 0.717) is 6.04 Å². The summed E-state index contributed by atoms with van der Waals surface area (Å²) in [6.45, 7) is 5.39. The molecule has 1 aromatic rings. The first-order valence-electron chi connectivity index (χ1n) is 5.66. The lowest BCUT2D eigenvalue weighted by molar-refractivity contribution is 0.724. The molecule has 2 N–H and O–H groups in total. The zero-order valence-corrected chi connectivity index (χ0v) is 9.48. The molecule has 0 aromatic carbocycles. The Kier molecular flexibility index (Phi) is 2.91. The minimum atomic E-state index is 0.0876. The molecule has 0 radical (unpaired) electrons. The molecule has 2 atom stereocenters.